The lowest BCUT2D eigenvalue weighted by Gasteiger charge is -2.24. The minimum absolute atomic E-state index is 0.114. The summed E-state index contributed by atoms with van der Waals surface area (Å²) in [5.41, 5.74) is 2.29. The minimum atomic E-state index is 0.114. The van der Waals surface area contributed by atoms with E-state index in [-0.39, 0.29) is 11.3 Å². The quantitative estimate of drug-likeness (QED) is 0.822. The molecule has 2 aromatic carbocycles. The van der Waals surface area contributed by atoms with Crippen molar-refractivity contribution in [1.29, 1.82) is 0 Å². The molecule has 0 aromatic heterocycles. The molecule has 0 aliphatic carbocycles. The zero-order valence-electron chi connectivity index (χ0n) is 13.3. The molecule has 1 heterocycles. The molecular weight excluding hydrogens is 306 g/mol. The van der Waals surface area contributed by atoms with E-state index in [4.69, 9.17) is 4.74 Å². The van der Waals surface area contributed by atoms with Crippen LogP contribution < -0.4 is 4.74 Å². The third-order valence-corrected chi connectivity index (χ3v) is 5.17. The Hall–Kier alpha value is -1.94. The molecule has 0 saturated carbocycles. The predicted octanol–water partition coefficient (Wildman–Crippen LogP) is 4.25. The van der Waals surface area contributed by atoms with Crippen molar-refractivity contribution in [1.82, 2.24) is 4.90 Å². The topological polar surface area (TPSA) is 29.5 Å². The van der Waals surface area contributed by atoms with Crippen molar-refractivity contribution < 1.29 is 9.53 Å². The number of ether oxygens (including phenoxy) is 1. The Morgan fingerprint density at radius 1 is 1.22 bits per heavy atom. The first-order valence-corrected chi connectivity index (χ1v) is 9.00. The van der Waals surface area contributed by atoms with Gasteiger partial charge in [-0.15, -0.1) is 11.8 Å². The van der Waals surface area contributed by atoms with E-state index in [0.717, 1.165) is 29.2 Å². The van der Waals surface area contributed by atoms with E-state index in [1.54, 1.807) is 0 Å². The normalized spacial score (nSPS) is 17.3. The summed E-state index contributed by atoms with van der Waals surface area (Å²) < 4.78 is 5.90. The zero-order valence-corrected chi connectivity index (χ0v) is 14.1. The van der Waals surface area contributed by atoms with Crippen LogP contribution in [-0.2, 0) is 11.4 Å². The third kappa shape index (κ3) is 3.88. The number of benzene rings is 2. The lowest BCUT2D eigenvalue weighted by atomic mass is 10.2. The Morgan fingerprint density at radius 2 is 2.04 bits per heavy atom. The smallest absolute Gasteiger partial charge is 0.223 e. The largest absolute Gasteiger partial charge is 0.489 e. The molecule has 2 aromatic rings. The SMILES string of the molecule is CCC(=O)N1CCSC1c1cccc(OCc2ccccc2)c1. The van der Waals surface area contributed by atoms with Crippen LogP contribution in [0.1, 0.15) is 29.8 Å². The minimum Gasteiger partial charge on any atom is -0.489 e. The molecule has 120 valence electrons. The number of rotatable bonds is 5. The van der Waals surface area contributed by atoms with Crippen LogP contribution in [0.2, 0.25) is 0 Å². The molecule has 1 atom stereocenters. The summed E-state index contributed by atoms with van der Waals surface area (Å²) in [7, 11) is 0. The van der Waals surface area contributed by atoms with Crippen molar-refractivity contribution >= 4 is 17.7 Å². The first-order valence-electron chi connectivity index (χ1n) is 7.95. The fourth-order valence-electron chi connectivity index (χ4n) is 2.70. The van der Waals surface area contributed by atoms with Crippen LogP contribution in [0.3, 0.4) is 0 Å². The summed E-state index contributed by atoms with van der Waals surface area (Å²) in [5.74, 6) is 2.06. The molecular formula is C19H21NO2S. The summed E-state index contributed by atoms with van der Waals surface area (Å²) in [6.45, 7) is 3.30. The molecule has 3 rings (SSSR count). The average molecular weight is 327 g/mol. The van der Waals surface area contributed by atoms with Gasteiger partial charge in [-0.25, -0.2) is 0 Å². The molecule has 0 bridgehead atoms. The highest BCUT2D eigenvalue weighted by Gasteiger charge is 2.29. The molecule has 23 heavy (non-hydrogen) atoms. The summed E-state index contributed by atoms with van der Waals surface area (Å²) in [4.78, 5) is 14.0. The Morgan fingerprint density at radius 3 is 2.83 bits per heavy atom. The van der Waals surface area contributed by atoms with Gasteiger partial charge in [-0.2, -0.15) is 0 Å². The highest BCUT2D eigenvalue weighted by Crippen LogP contribution is 2.39. The molecule has 3 nitrogen and oxygen atoms in total. The predicted molar refractivity (Wildman–Crippen MR) is 94.4 cm³/mol. The van der Waals surface area contributed by atoms with Gasteiger partial charge in [-0.05, 0) is 23.3 Å². The van der Waals surface area contributed by atoms with Crippen LogP contribution in [0, 0.1) is 0 Å². The first kappa shape index (κ1) is 15.9. The van der Waals surface area contributed by atoms with Crippen molar-refractivity contribution in [2.45, 2.75) is 25.3 Å². The summed E-state index contributed by atoms with van der Waals surface area (Å²) >= 11 is 1.82. The second kappa shape index (κ2) is 7.55. The Bertz CT molecular complexity index is 659. The van der Waals surface area contributed by atoms with E-state index < -0.39 is 0 Å². The number of carbonyl (C=O) groups excluding carboxylic acids is 1. The second-order valence-corrected chi connectivity index (χ2v) is 6.70. The van der Waals surface area contributed by atoms with Crippen LogP contribution in [-0.4, -0.2) is 23.1 Å². The van der Waals surface area contributed by atoms with Crippen LogP contribution in [0.4, 0.5) is 0 Å². The van der Waals surface area contributed by atoms with Crippen molar-refractivity contribution in [2.24, 2.45) is 0 Å². The fourth-order valence-corrected chi connectivity index (χ4v) is 3.97. The summed E-state index contributed by atoms with van der Waals surface area (Å²) in [5, 5.41) is 0.114. The van der Waals surface area contributed by atoms with Crippen molar-refractivity contribution in [3.05, 3.63) is 65.7 Å². The van der Waals surface area contributed by atoms with Gasteiger partial charge in [0.1, 0.15) is 17.7 Å². The highest BCUT2D eigenvalue weighted by atomic mass is 32.2. The van der Waals surface area contributed by atoms with Gasteiger partial charge in [0.15, 0.2) is 0 Å². The molecule has 0 radical (unpaired) electrons. The number of carbonyl (C=O) groups is 1. The van der Waals surface area contributed by atoms with Gasteiger partial charge in [-0.3, -0.25) is 4.79 Å². The lowest BCUT2D eigenvalue weighted by Crippen LogP contribution is -2.29. The van der Waals surface area contributed by atoms with Gasteiger partial charge >= 0.3 is 0 Å². The standard InChI is InChI=1S/C19H21NO2S/c1-2-18(21)20-11-12-23-19(20)16-9-6-10-17(13-16)22-14-15-7-4-3-5-8-15/h3-10,13,19H,2,11-12,14H2,1H3. The van der Waals surface area contributed by atoms with Crippen LogP contribution in [0.25, 0.3) is 0 Å². The summed E-state index contributed by atoms with van der Waals surface area (Å²) in [6, 6.07) is 18.2. The van der Waals surface area contributed by atoms with E-state index in [2.05, 4.69) is 24.3 Å². The average Bonchev–Trinajstić information content (AvgIpc) is 3.10. The van der Waals surface area contributed by atoms with Crippen LogP contribution >= 0.6 is 11.8 Å². The van der Waals surface area contributed by atoms with E-state index in [1.807, 2.05) is 53.9 Å². The monoisotopic (exact) mass is 327 g/mol. The number of hydrogen-bond acceptors (Lipinski definition) is 3. The Balaban J connectivity index is 1.71. The van der Waals surface area contributed by atoms with Gasteiger partial charge in [0.2, 0.25) is 5.91 Å². The third-order valence-electron chi connectivity index (χ3n) is 3.91. The maximum absolute atomic E-state index is 12.1. The van der Waals surface area contributed by atoms with E-state index in [1.165, 1.54) is 0 Å². The van der Waals surface area contributed by atoms with Gasteiger partial charge in [0, 0.05) is 18.7 Å². The van der Waals surface area contributed by atoms with E-state index in [9.17, 15) is 4.79 Å². The number of amides is 1. The first-order chi connectivity index (χ1) is 11.3. The Labute approximate surface area is 141 Å². The van der Waals surface area contributed by atoms with Gasteiger partial charge in [0.05, 0.1) is 0 Å². The molecule has 1 amide bonds. The number of thioether (sulfide) groups is 1. The van der Waals surface area contributed by atoms with Crippen molar-refractivity contribution in [3.63, 3.8) is 0 Å². The maximum Gasteiger partial charge on any atom is 0.223 e. The number of hydrogen-bond donors (Lipinski definition) is 0. The van der Waals surface area contributed by atoms with Gasteiger partial charge < -0.3 is 9.64 Å². The van der Waals surface area contributed by atoms with Gasteiger partial charge in [-0.1, -0.05) is 49.4 Å². The van der Waals surface area contributed by atoms with Crippen LogP contribution in [0.5, 0.6) is 5.75 Å². The molecule has 1 saturated heterocycles. The fraction of sp³-hybridized carbons (Fsp3) is 0.316. The maximum atomic E-state index is 12.1. The van der Waals surface area contributed by atoms with Crippen LogP contribution in [0.15, 0.2) is 54.6 Å². The zero-order chi connectivity index (χ0) is 16.1. The van der Waals surface area contributed by atoms with E-state index in [0.29, 0.717) is 13.0 Å². The molecule has 0 N–H and O–H groups in total. The van der Waals surface area contributed by atoms with Crippen molar-refractivity contribution in [3.8, 4) is 5.75 Å². The molecule has 0 spiro atoms. The molecule has 1 aliphatic heterocycles. The molecule has 1 aliphatic rings. The lowest BCUT2D eigenvalue weighted by molar-refractivity contribution is -0.131. The Kier molecular flexibility index (Phi) is 5.23. The number of nitrogens with zero attached hydrogens (tertiary/aromatic N) is 1. The van der Waals surface area contributed by atoms with Gasteiger partial charge in [0.25, 0.3) is 0 Å². The highest BCUT2D eigenvalue weighted by molar-refractivity contribution is 7.99. The van der Waals surface area contributed by atoms with Crippen molar-refractivity contribution in [2.75, 3.05) is 12.3 Å². The summed E-state index contributed by atoms with van der Waals surface area (Å²) in [6.07, 6.45) is 0.557. The van der Waals surface area contributed by atoms with E-state index >= 15 is 0 Å². The molecule has 4 heteroatoms. The molecule has 1 unspecified atom stereocenters. The molecule has 1 fully saturated rings. The second-order valence-electron chi connectivity index (χ2n) is 5.51.